The maximum absolute atomic E-state index is 13.4. The molecule has 1 N–H and O–H groups in total. The van der Waals surface area contributed by atoms with Gasteiger partial charge >= 0.3 is 0 Å². The van der Waals surface area contributed by atoms with Gasteiger partial charge in [0.2, 0.25) is 10.0 Å². The van der Waals surface area contributed by atoms with E-state index in [1.165, 1.54) is 18.2 Å². The lowest BCUT2D eigenvalue weighted by Crippen LogP contribution is -2.37. The van der Waals surface area contributed by atoms with Crippen molar-refractivity contribution in [1.29, 1.82) is 0 Å². The zero-order valence-electron chi connectivity index (χ0n) is 14.3. The Kier molecular flexibility index (Phi) is 4.75. The van der Waals surface area contributed by atoms with Gasteiger partial charge in [-0.2, -0.15) is 0 Å². The molecule has 27 heavy (non-hydrogen) atoms. The maximum atomic E-state index is 13.4. The van der Waals surface area contributed by atoms with E-state index in [2.05, 4.69) is 14.6 Å². The van der Waals surface area contributed by atoms with Crippen LogP contribution in [0.5, 0.6) is 0 Å². The molecule has 0 aliphatic carbocycles. The topological polar surface area (TPSA) is 62.3 Å². The fourth-order valence-electron chi connectivity index (χ4n) is 3.38. The van der Waals surface area contributed by atoms with Crippen LogP contribution in [0.25, 0.3) is 10.9 Å². The molecule has 3 aromatic rings. The molecule has 0 radical (unpaired) electrons. The Morgan fingerprint density at radius 1 is 1.19 bits per heavy atom. The van der Waals surface area contributed by atoms with Crippen LogP contribution >= 0.6 is 11.6 Å². The molecule has 5 nitrogen and oxygen atoms in total. The summed E-state index contributed by atoms with van der Waals surface area (Å²) in [7, 11) is -3.77. The van der Waals surface area contributed by atoms with Gasteiger partial charge in [-0.05, 0) is 48.9 Å². The largest absolute Gasteiger partial charge is 0.369 e. The van der Waals surface area contributed by atoms with E-state index in [0.717, 1.165) is 22.7 Å². The van der Waals surface area contributed by atoms with Gasteiger partial charge in [0.05, 0.1) is 10.4 Å². The van der Waals surface area contributed by atoms with E-state index in [-0.39, 0.29) is 10.9 Å². The molecule has 0 bridgehead atoms. The number of nitrogens with zero attached hydrogens (tertiary/aromatic N) is 2. The Labute approximate surface area is 161 Å². The van der Waals surface area contributed by atoms with Crippen molar-refractivity contribution in [2.24, 2.45) is 0 Å². The van der Waals surface area contributed by atoms with Crippen molar-refractivity contribution < 1.29 is 12.8 Å². The van der Waals surface area contributed by atoms with Gasteiger partial charge in [0.15, 0.2) is 0 Å². The number of aromatic nitrogens is 1. The van der Waals surface area contributed by atoms with E-state index < -0.39 is 15.8 Å². The van der Waals surface area contributed by atoms with Crippen molar-refractivity contribution in [1.82, 2.24) is 9.71 Å². The SMILES string of the molecule is O=S(=O)(NC1CCN(c2ccnc3cc(Cl)ccc23)C1)c1cccc(F)c1. The van der Waals surface area contributed by atoms with Crippen LogP contribution in [0.4, 0.5) is 10.1 Å². The van der Waals surface area contributed by atoms with Crippen molar-refractivity contribution in [3.05, 3.63) is 65.6 Å². The quantitative estimate of drug-likeness (QED) is 0.720. The Morgan fingerprint density at radius 3 is 2.85 bits per heavy atom. The van der Waals surface area contributed by atoms with Gasteiger partial charge in [-0.15, -0.1) is 0 Å². The average Bonchev–Trinajstić information content (AvgIpc) is 3.08. The zero-order chi connectivity index (χ0) is 19.0. The second-order valence-corrected chi connectivity index (χ2v) is 8.65. The molecule has 1 aliphatic heterocycles. The molecule has 1 saturated heterocycles. The number of nitrogens with one attached hydrogen (secondary N) is 1. The lowest BCUT2D eigenvalue weighted by atomic mass is 10.2. The summed E-state index contributed by atoms with van der Waals surface area (Å²) in [6.07, 6.45) is 2.38. The smallest absolute Gasteiger partial charge is 0.240 e. The minimum Gasteiger partial charge on any atom is -0.369 e. The standard InChI is InChI=1S/C19H17ClFN3O2S/c20-13-4-5-17-18(10-13)22-8-6-19(17)24-9-7-15(12-24)23-27(25,26)16-3-1-2-14(21)11-16/h1-6,8,10-11,15,23H,7,9,12H2. The highest BCUT2D eigenvalue weighted by atomic mass is 35.5. The predicted molar refractivity (Wildman–Crippen MR) is 104 cm³/mol. The molecule has 140 valence electrons. The van der Waals surface area contributed by atoms with Gasteiger partial charge in [-0.1, -0.05) is 17.7 Å². The molecule has 0 amide bonds. The number of benzene rings is 2. The number of fused-ring (bicyclic) bond motifs is 1. The van der Waals surface area contributed by atoms with E-state index in [1.807, 2.05) is 18.2 Å². The average molecular weight is 406 g/mol. The van der Waals surface area contributed by atoms with Crippen LogP contribution in [0.3, 0.4) is 0 Å². The summed E-state index contributed by atoms with van der Waals surface area (Å²) in [6.45, 7) is 1.23. The van der Waals surface area contributed by atoms with Gasteiger partial charge < -0.3 is 4.90 Å². The first kappa shape index (κ1) is 18.2. The summed E-state index contributed by atoms with van der Waals surface area (Å²) in [5, 5.41) is 1.59. The monoisotopic (exact) mass is 405 g/mol. The molecular weight excluding hydrogens is 389 g/mol. The first-order chi connectivity index (χ1) is 12.9. The van der Waals surface area contributed by atoms with Crippen molar-refractivity contribution in [2.75, 3.05) is 18.0 Å². The van der Waals surface area contributed by atoms with Crippen LogP contribution in [0.2, 0.25) is 5.02 Å². The molecule has 0 spiro atoms. The highest BCUT2D eigenvalue weighted by molar-refractivity contribution is 7.89. The van der Waals surface area contributed by atoms with Gasteiger partial charge in [0.25, 0.3) is 0 Å². The summed E-state index contributed by atoms with van der Waals surface area (Å²) in [5.74, 6) is -0.576. The number of rotatable bonds is 4. The third-order valence-corrected chi connectivity index (χ3v) is 6.39. The number of sulfonamides is 1. The molecule has 2 heterocycles. The molecule has 1 fully saturated rings. The van der Waals surface area contributed by atoms with Crippen LogP contribution in [-0.2, 0) is 10.0 Å². The molecule has 1 aromatic heterocycles. The summed E-state index contributed by atoms with van der Waals surface area (Å²) < 4.78 is 41.1. The first-order valence-corrected chi connectivity index (χ1v) is 10.4. The van der Waals surface area contributed by atoms with Gasteiger partial charge in [0.1, 0.15) is 5.82 Å². The minimum atomic E-state index is -3.77. The fraction of sp³-hybridized carbons (Fsp3) is 0.211. The summed E-state index contributed by atoms with van der Waals surface area (Å²) in [6, 6.07) is 12.2. The molecular formula is C19H17ClFN3O2S. The summed E-state index contributed by atoms with van der Waals surface area (Å²) >= 11 is 6.04. The highest BCUT2D eigenvalue weighted by Crippen LogP contribution is 2.30. The van der Waals surface area contributed by atoms with Crippen LogP contribution in [0.1, 0.15) is 6.42 Å². The summed E-state index contributed by atoms with van der Waals surface area (Å²) in [5.41, 5.74) is 1.79. The highest BCUT2D eigenvalue weighted by Gasteiger charge is 2.28. The van der Waals surface area contributed by atoms with Crippen LogP contribution in [0.15, 0.2) is 59.6 Å². The number of anilines is 1. The van der Waals surface area contributed by atoms with Gasteiger partial charge in [-0.3, -0.25) is 4.98 Å². The van der Waals surface area contributed by atoms with E-state index in [1.54, 1.807) is 12.3 Å². The van der Waals surface area contributed by atoms with E-state index >= 15 is 0 Å². The van der Waals surface area contributed by atoms with E-state index in [0.29, 0.717) is 24.5 Å². The van der Waals surface area contributed by atoms with Crippen molar-refractivity contribution in [3.63, 3.8) is 0 Å². The lowest BCUT2D eigenvalue weighted by molar-refractivity contribution is 0.559. The van der Waals surface area contributed by atoms with Crippen LogP contribution in [0, 0.1) is 5.82 Å². The Bertz CT molecular complexity index is 1110. The number of pyridine rings is 1. The molecule has 1 atom stereocenters. The zero-order valence-corrected chi connectivity index (χ0v) is 15.8. The number of halogens is 2. The number of hydrogen-bond donors (Lipinski definition) is 1. The van der Waals surface area contributed by atoms with E-state index in [4.69, 9.17) is 11.6 Å². The van der Waals surface area contributed by atoms with Crippen molar-refractivity contribution in [3.8, 4) is 0 Å². The minimum absolute atomic E-state index is 0.0649. The van der Waals surface area contributed by atoms with Crippen LogP contribution < -0.4 is 9.62 Å². The maximum Gasteiger partial charge on any atom is 0.240 e. The van der Waals surface area contributed by atoms with Gasteiger partial charge in [0, 0.05) is 41.4 Å². The van der Waals surface area contributed by atoms with Crippen LogP contribution in [-0.4, -0.2) is 32.5 Å². The fourth-order valence-corrected chi connectivity index (χ4v) is 4.84. The Morgan fingerprint density at radius 2 is 2.04 bits per heavy atom. The first-order valence-electron chi connectivity index (χ1n) is 8.49. The molecule has 8 heteroatoms. The number of hydrogen-bond acceptors (Lipinski definition) is 4. The molecule has 1 unspecified atom stereocenters. The summed E-state index contributed by atoms with van der Waals surface area (Å²) in [4.78, 5) is 6.40. The van der Waals surface area contributed by atoms with Crippen molar-refractivity contribution >= 4 is 38.2 Å². The molecule has 2 aromatic carbocycles. The third kappa shape index (κ3) is 3.76. The van der Waals surface area contributed by atoms with Gasteiger partial charge in [-0.25, -0.2) is 17.5 Å². The predicted octanol–water partition coefficient (Wildman–Crippen LogP) is 3.58. The molecule has 0 saturated carbocycles. The molecule has 1 aliphatic rings. The van der Waals surface area contributed by atoms with Crippen molar-refractivity contribution in [2.45, 2.75) is 17.4 Å². The second-order valence-electron chi connectivity index (χ2n) is 6.50. The normalized spacial score (nSPS) is 17.6. The van der Waals surface area contributed by atoms with E-state index in [9.17, 15) is 12.8 Å². The second kappa shape index (κ2) is 7.07. The Balaban J connectivity index is 1.54. The lowest BCUT2D eigenvalue weighted by Gasteiger charge is -2.21. The third-order valence-electron chi connectivity index (χ3n) is 4.64. The molecule has 4 rings (SSSR count). The Hall–Kier alpha value is -2.22.